The van der Waals surface area contributed by atoms with E-state index in [1.54, 1.807) is 0 Å². The van der Waals surface area contributed by atoms with Crippen LogP contribution in [-0.4, -0.2) is 43.6 Å². The van der Waals surface area contributed by atoms with Gasteiger partial charge in [-0.2, -0.15) is 0 Å². The van der Waals surface area contributed by atoms with Crippen molar-refractivity contribution >= 4 is 5.91 Å². The highest BCUT2D eigenvalue weighted by molar-refractivity contribution is 5.75. The molecule has 0 spiro atoms. The van der Waals surface area contributed by atoms with Crippen LogP contribution in [0.1, 0.15) is 37.7 Å². The van der Waals surface area contributed by atoms with Crippen molar-refractivity contribution < 1.29 is 9.53 Å². The van der Waals surface area contributed by atoms with Crippen molar-refractivity contribution in [3.63, 3.8) is 0 Å². The summed E-state index contributed by atoms with van der Waals surface area (Å²) in [5.74, 6) is 1.01. The number of hydrogen-bond acceptors (Lipinski definition) is 3. The van der Waals surface area contributed by atoms with Gasteiger partial charge in [0.05, 0.1) is 6.61 Å². The molecule has 1 aliphatic rings. The summed E-state index contributed by atoms with van der Waals surface area (Å²) in [4.78, 5) is 14.2. The number of amides is 1. The van der Waals surface area contributed by atoms with E-state index in [4.69, 9.17) is 4.74 Å². The standard InChI is InChI=1S/C18H28N2O2/c1-16-7-9-17(10-8-16)22-15-4-6-18(21)19-11-5-14-20-12-2-3-13-20/h7-10H,2-6,11-15H2,1H3,(H,19,21). The number of carbonyl (C=O) groups is 1. The second-order valence-corrected chi connectivity index (χ2v) is 6.02. The molecule has 122 valence electrons. The Morgan fingerprint density at radius 3 is 2.64 bits per heavy atom. The Kier molecular flexibility index (Phi) is 7.23. The van der Waals surface area contributed by atoms with Gasteiger partial charge in [-0.1, -0.05) is 17.7 Å². The predicted molar refractivity (Wildman–Crippen MR) is 89.2 cm³/mol. The van der Waals surface area contributed by atoms with Crippen molar-refractivity contribution in [3.05, 3.63) is 29.8 Å². The molecule has 1 aromatic carbocycles. The molecule has 0 unspecified atom stereocenters. The minimum atomic E-state index is 0.133. The van der Waals surface area contributed by atoms with E-state index in [0.717, 1.165) is 31.7 Å². The summed E-state index contributed by atoms with van der Waals surface area (Å²) in [5.41, 5.74) is 1.22. The number of hydrogen-bond donors (Lipinski definition) is 1. The van der Waals surface area contributed by atoms with Crippen molar-refractivity contribution in [2.75, 3.05) is 32.8 Å². The third-order valence-corrected chi connectivity index (χ3v) is 4.01. The van der Waals surface area contributed by atoms with Crippen molar-refractivity contribution in [1.82, 2.24) is 10.2 Å². The monoisotopic (exact) mass is 304 g/mol. The molecule has 0 aromatic heterocycles. The van der Waals surface area contributed by atoms with Crippen LogP contribution < -0.4 is 10.1 Å². The van der Waals surface area contributed by atoms with E-state index in [-0.39, 0.29) is 5.91 Å². The van der Waals surface area contributed by atoms with E-state index in [1.165, 1.54) is 31.5 Å². The van der Waals surface area contributed by atoms with Gasteiger partial charge in [0.1, 0.15) is 5.75 Å². The fourth-order valence-electron chi connectivity index (χ4n) is 2.68. The second-order valence-electron chi connectivity index (χ2n) is 6.02. The van der Waals surface area contributed by atoms with E-state index in [9.17, 15) is 4.79 Å². The van der Waals surface area contributed by atoms with E-state index in [1.807, 2.05) is 24.3 Å². The number of nitrogens with one attached hydrogen (secondary N) is 1. The number of ether oxygens (including phenoxy) is 1. The Hall–Kier alpha value is -1.55. The summed E-state index contributed by atoms with van der Waals surface area (Å²) in [6.45, 7) is 6.99. The molecule has 2 rings (SSSR count). The van der Waals surface area contributed by atoms with Crippen LogP contribution in [0.3, 0.4) is 0 Å². The van der Waals surface area contributed by atoms with Crippen LogP contribution in [0.2, 0.25) is 0 Å². The molecule has 1 aliphatic heterocycles. The van der Waals surface area contributed by atoms with Crippen molar-refractivity contribution in [3.8, 4) is 5.75 Å². The summed E-state index contributed by atoms with van der Waals surface area (Å²) in [6.07, 6.45) is 4.99. The van der Waals surface area contributed by atoms with E-state index in [0.29, 0.717) is 13.0 Å². The SMILES string of the molecule is Cc1ccc(OCCCC(=O)NCCCN2CCCC2)cc1. The van der Waals surface area contributed by atoms with Crippen LogP contribution in [0.5, 0.6) is 5.75 Å². The van der Waals surface area contributed by atoms with Gasteiger partial charge in [-0.15, -0.1) is 0 Å². The van der Waals surface area contributed by atoms with Gasteiger partial charge in [-0.25, -0.2) is 0 Å². The van der Waals surface area contributed by atoms with Crippen LogP contribution >= 0.6 is 0 Å². The lowest BCUT2D eigenvalue weighted by atomic mass is 10.2. The van der Waals surface area contributed by atoms with Gasteiger partial charge in [0, 0.05) is 13.0 Å². The summed E-state index contributed by atoms with van der Waals surface area (Å²) in [6, 6.07) is 7.99. The summed E-state index contributed by atoms with van der Waals surface area (Å²) >= 11 is 0. The first-order chi connectivity index (χ1) is 10.7. The Morgan fingerprint density at radius 2 is 1.91 bits per heavy atom. The summed E-state index contributed by atoms with van der Waals surface area (Å²) in [5, 5.41) is 2.99. The zero-order valence-corrected chi connectivity index (χ0v) is 13.6. The third-order valence-electron chi connectivity index (χ3n) is 4.01. The number of carbonyl (C=O) groups excluding carboxylic acids is 1. The Bertz CT molecular complexity index is 439. The topological polar surface area (TPSA) is 41.6 Å². The number of aryl methyl sites for hydroxylation is 1. The molecule has 0 atom stereocenters. The molecule has 0 aliphatic carbocycles. The predicted octanol–water partition coefficient (Wildman–Crippen LogP) is 2.76. The average molecular weight is 304 g/mol. The molecule has 1 saturated heterocycles. The molecule has 0 radical (unpaired) electrons. The van der Waals surface area contributed by atoms with Crippen molar-refractivity contribution in [2.45, 2.75) is 39.0 Å². The van der Waals surface area contributed by atoms with E-state index in [2.05, 4.69) is 17.1 Å². The summed E-state index contributed by atoms with van der Waals surface area (Å²) < 4.78 is 5.62. The largest absolute Gasteiger partial charge is 0.494 e. The number of nitrogens with zero attached hydrogens (tertiary/aromatic N) is 1. The number of benzene rings is 1. The first-order valence-electron chi connectivity index (χ1n) is 8.42. The average Bonchev–Trinajstić information content (AvgIpc) is 3.03. The molecule has 4 heteroatoms. The Labute approximate surface area is 133 Å². The highest BCUT2D eigenvalue weighted by atomic mass is 16.5. The molecule has 0 bridgehead atoms. The molecule has 1 N–H and O–H groups in total. The maximum atomic E-state index is 11.7. The van der Waals surface area contributed by atoms with Crippen molar-refractivity contribution in [2.24, 2.45) is 0 Å². The van der Waals surface area contributed by atoms with Gasteiger partial charge in [0.2, 0.25) is 5.91 Å². The molecule has 1 aromatic rings. The number of likely N-dealkylation sites (tertiary alicyclic amines) is 1. The molecule has 1 amide bonds. The fourth-order valence-corrected chi connectivity index (χ4v) is 2.68. The zero-order valence-electron chi connectivity index (χ0n) is 13.6. The first kappa shape index (κ1) is 16.8. The van der Waals surface area contributed by atoms with E-state index >= 15 is 0 Å². The highest BCUT2D eigenvalue weighted by Crippen LogP contribution is 2.11. The van der Waals surface area contributed by atoms with Gasteiger partial charge < -0.3 is 15.0 Å². The van der Waals surface area contributed by atoms with Crippen LogP contribution in [0.25, 0.3) is 0 Å². The molecule has 22 heavy (non-hydrogen) atoms. The third kappa shape index (κ3) is 6.48. The Morgan fingerprint density at radius 1 is 1.18 bits per heavy atom. The fraction of sp³-hybridized carbons (Fsp3) is 0.611. The maximum absolute atomic E-state index is 11.7. The lowest BCUT2D eigenvalue weighted by molar-refractivity contribution is -0.121. The molecule has 4 nitrogen and oxygen atoms in total. The van der Waals surface area contributed by atoms with Crippen LogP contribution in [-0.2, 0) is 4.79 Å². The molecule has 0 saturated carbocycles. The van der Waals surface area contributed by atoms with E-state index < -0.39 is 0 Å². The maximum Gasteiger partial charge on any atom is 0.220 e. The number of rotatable bonds is 9. The minimum absolute atomic E-state index is 0.133. The lowest BCUT2D eigenvalue weighted by Crippen LogP contribution is -2.28. The van der Waals surface area contributed by atoms with Crippen LogP contribution in [0.4, 0.5) is 0 Å². The van der Waals surface area contributed by atoms with Crippen molar-refractivity contribution in [1.29, 1.82) is 0 Å². The van der Waals surface area contributed by atoms with Crippen LogP contribution in [0.15, 0.2) is 24.3 Å². The van der Waals surface area contributed by atoms with Gasteiger partial charge in [-0.3, -0.25) is 4.79 Å². The van der Waals surface area contributed by atoms with Crippen LogP contribution in [0, 0.1) is 6.92 Å². The second kappa shape index (κ2) is 9.46. The van der Waals surface area contributed by atoms with Gasteiger partial charge in [0.25, 0.3) is 0 Å². The highest BCUT2D eigenvalue weighted by Gasteiger charge is 2.10. The molecular weight excluding hydrogens is 276 g/mol. The first-order valence-corrected chi connectivity index (χ1v) is 8.42. The lowest BCUT2D eigenvalue weighted by Gasteiger charge is -2.14. The Balaban J connectivity index is 1.46. The normalized spacial score (nSPS) is 15.0. The summed E-state index contributed by atoms with van der Waals surface area (Å²) in [7, 11) is 0. The quantitative estimate of drug-likeness (QED) is 0.713. The zero-order chi connectivity index (χ0) is 15.6. The smallest absolute Gasteiger partial charge is 0.220 e. The molecule has 1 heterocycles. The minimum Gasteiger partial charge on any atom is -0.494 e. The van der Waals surface area contributed by atoms with Gasteiger partial charge in [-0.05, 0) is 64.4 Å². The molecular formula is C18H28N2O2. The van der Waals surface area contributed by atoms with Gasteiger partial charge >= 0.3 is 0 Å². The molecule has 1 fully saturated rings. The van der Waals surface area contributed by atoms with Gasteiger partial charge in [0.15, 0.2) is 0 Å².